The van der Waals surface area contributed by atoms with Crippen LogP contribution in [0.3, 0.4) is 0 Å². The molecule has 4 nitrogen and oxygen atoms in total. The summed E-state index contributed by atoms with van der Waals surface area (Å²) >= 11 is 0. The minimum Gasteiger partial charge on any atom is -0.381 e. The van der Waals surface area contributed by atoms with E-state index in [0.29, 0.717) is 5.82 Å². The van der Waals surface area contributed by atoms with Gasteiger partial charge in [0.15, 0.2) is 11.5 Å². The van der Waals surface area contributed by atoms with E-state index in [4.69, 9.17) is 5.73 Å². The predicted octanol–water partition coefficient (Wildman–Crippen LogP) is 1.92. The van der Waals surface area contributed by atoms with Gasteiger partial charge in [-0.1, -0.05) is 20.8 Å². The van der Waals surface area contributed by atoms with Crippen LogP contribution in [0.2, 0.25) is 0 Å². The fourth-order valence-corrected chi connectivity index (χ4v) is 1.53. The monoisotopic (exact) mass is 204 g/mol. The molecule has 2 aromatic heterocycles. The van der Waals surface area contributed by atoms with Gasteiger partial charge in [-0.25, -0.2) is 9.97 Å². The average molecular weight is 204 g/mol. The standard InChI is InChI=1S/C11H16N4/c1-7-14-9(12)10-13-5-8(6-15(7)10)11(2,3)4/h5-6H,12H2,1-4H3. The number of nitrogen functional groups attached to an aromatic ring is 1. The van der Waals surface area contributed by atoms with E-state index in [0.717, 1.165) is 11.5 Å². The normalized spacial score (nSPS) is 12.3. The molecule has 0 aromatic carbocycles. The number of hydrogen-bond donors (Lipinski definition) is 1. The van der Waals surface area contributed by atoms with Crippen LogP contribution in [-0.2, 0) is 5.41 Å². The topological polar surface area (TPSA) is 56.2 Å². The summed E-state index contributed by atoms with van der Waals surface area (Å²) in [5.74, 6) is 1.37. The Labute approximate surface area is 89.2 Å². The van der Waals surface area contributed by atoms with Gasteiger partial charge in [-0.3, -0.25) is 4.40 Å². The van der Waals surface area contributed by atoms with Crippen LogP contribution in [0, 0.1) is 6.92 Å². The summed E-state index contributed by atoms with van der Waals surface area (Å²) < 4.78 is 1.94. The molecule has 0 bridgehead atoms. The first-order valence-corrected chi connectivity index (χ1v) is 5.00. The van der Waals surface area contributed by atoms with Crippen LogP contribution in [0.4, 0.5) is 5.82 Å². The summed E-state index contributed by atoms with van der Waals surface area (Å²) in [5, 5.41) is 0. The van der Waals surface area contributed by atoms with E-state index in [2.05, 4.69) is 36.9 Å². The maximum Gasteiger partial charge on any atom is 0.181 e. The molecule has 4 heteroatoms. The molecule has 2 aromatic rings. The number of hydrogen-bond acceptors (Lipinski definition) is 3. The highest BCUT2D eigenvalue weighted by atomic mass is 15.1. The van der Waals surface area contributed by atoms with Gasteiger partial charge >= 0.3 is 0 Å². The van der Waals surface area contributed by atoms with Crippen LogP contribution in [-0.4, -0.2) is 14.4 Å². The Morgan fingerprint density at radius 3 is 2.60 bits per heavy atom. The molecule has 80 valence electrons. The van der Waals surface area contributed by atoms with Crippen molar-refractivity contribution in [1.82, 2.24) is 14.4 Å². The van der Waals surface area contributed by atoms with E-state index in [1.54, 1.807) is 0 Å². The van der Waals surface area contributed by atoms with Crippen molar-refractivity contribution in [3.05, 3.63) is 23.8 Å². The zero-order valence-electron chi connectivity index (χ0n) is 9.57. The maximum absolute atomic E-state index is 5.74. The summed E-state index contributed by atoms with van der Waals surface area (Å²) in [5.41, 5.74) is 7.74. The Bertz CT molecular complexity index is 505. The molecule has 0 amide bonds. The third-order valence-electron chi connectivity index (χ3n) is 2.55. The molecule has 2 rings (SSSR count). The highest BCUT2D eigenvalue weighted by Crippen LogP contribution is 2.23. The van der Waals surface area contributed by atoms with Crippen molar-refractivity contribution in [3.8, 4) is 0 Å². The zero-order chi connectivity index (χ0) is 11.2. The molecule has 15 heavy (non-hydrogen) atoms. The zero-order valence-corrected chi connectivity index (χ0v) is 9.57. The first-order chi connectivity index (χ1) is 6.89. The van der Waals surface area contributed by atoms with Gasteiger partial charge in [0.05, 0.1) is 0 Å². The van der Waals surface area contributed by atoms with Crippen molar-refractivity contribution in [2.75, 3.05) is 5.73 Å². The van der Waals surface area contributed by atoms with Crippen molar-refractivity contribution in [3.63, 3.8) is 0 Å². The number of aryl methyl sites for hydroxylation is 1. The Balaban J connectivity index is 2.71. The largest absolute Gasteiger partial charge is 0.381 e. The minimum absolute atomic E-state index is 0.0899. The second kappa shape index (κ2) is 2.95. The van der Waals surface area contributed by atoms with Gasteiger partial charge < -0.3 is 5.73 Å². The fourth-order valence-electron chi connectivity index (χ4n) is 1.53. The number of aromatic nitrogens is 3. The Morgan fingerprint density at radius 2 is 2.00 bits per heavy atom. The molecule has 0 saturated heterocycles. The number of imidazole rings is 1. The average Bonchev–Trinajstić information content (AvgIpc) is 2.41. The van der Waals surface area contributed by atoms with Crippen LogP contribution in [0.5, 0.6) is 0 Å². The van der Waals surface area contributed by atoms with Gasteiger partial charge in [-0.2, -0.15) is 0 Å². The van der Waals surface area contributed by atoms with E-state index in [9.17, 15) is 0 Å². The minimum atomic E-state index is 0.0899. The lowest BCUT2D eigenvalue weighted by molar-refractivity contribution is 0.583. The summed E-state index contributed by atoms with van der Waals surface area (Å²) in [6.45, 7) is 8.40. The fraction of sp³-hybridized carbons (Fsp3) is 0.455. The summed E-state index contributed by atoms with van der Waals surface area (Å²) in [7, 11) is 0. The van der Waals surface area contributed by atoms with Crippen LogP contribution in [0.25, 0.3) is 5.65 Å². The van der Waals surface area contributed by atoms with E-state index >= 15 is 0 Å². The van der Waals surface area contributed by atoms with Crippen LogP contribution < -0.4 is 5.73 Å². The first-order valence-electron chi connectivity index (χ1n) is 5.00. The van der Waals surface area contributed by atoms with Crippen LogP contribution in [0.1, 0.15) is 32.2 Å². The lowest BCUT2D eigenvalue weighted by Gasteiger charge is -2.18. The summed E-state index contributed by atoms with van der Waals surface area (Å²) in [4.78, 5) is 8.54. The smallest absolute Gasteiger partial charge is 0.181 e. The van der Waals surface area contributed by atoms with Gasteiger partial charge in [-0.15, -0.1) is 0 Å². The lowest BCUT2D eigenvalue weighted by atomic mass is 9.89. The molecule has 2 N–H and O–H groups in total. The third-order valence-corrected chi connectivity index (χ3v) is 2.55. The van der Waals surface area contributed by atoms with Gasteiger partial charge in [0.25, 0.3) is 0 Å². The van der Waals surface area contributed by atoms with Gasteiger partial charge in [-0.05, 0) is 17.9 Å². The third kappa shape index (κ3) is 1.56. The van der Waals surface area contributed by atoms with Gasteiger partial charge in [0.2, 0.25) is 0 Å². The Hall–Kier alpha value is -1.58. The van der Waals surface area contributed by atoms with E-state index in [1.807, 2.05) is 17.5 Å². The molecule has 0 spiro atoms. The highest BCUT2D eigenvalue weighted by molar-refractivity contribution is 5.60. The van der Waals surface area contributed by atoms with Crippen molar-refractivity contribution < 1.29 is 0 Å². The summed E-state index contributed by atoms with van der Waals surface area (Å²) in [6.07, 6.45) is 3.92. The van der Waals surface area contributed by atoms with E-state index in [1.165, 1.54) is 5.56 Å². The molecule has 0 saturated carbocycles. The van der Waals surface area contributed by atoms with E-state index < -0.39 is 0 Å². The molecule has 0 aliphatic rings. The predicted molar refractivity (Wildman–Crippen MR) is 60.8 cm³/mol. The molecular formula is C11H16N4. The lowest BCUT2D eigenvalue weighted by Crippen LogP contribution is -2.13. The second-order valence-corrected chi connectivity index (χ2v) is 4.83. The Morgan fingerprint density at radius 1 is 1.33 bits per heavy atom. The van der Waals surface area contributed by atoms with Crippen molar-refractivity contribution in [2.45, 2.75) is 33.1 Å². The van der Waals surface area contributed by atoms with Crippen LogP contribution in [0.15, 0.2) is 12.4 Å². The van der Waals surface area contributed by atoms with Gasteiger partial charge in [0, 0.05) is 12.4 Å². The molecule has 0 unspecified atom stereocenters. The second-order valence-electron chi connectivity index (χ2n) is 4.83. The highest BCUT2D eigenvalue weighted by Gasteiger charge is 2.16. The van der Waals surface area contributed by atoms with Crippen LogP contribution >= 0.6 is 0 Å². The molecule has 0 aliphatic carbocycles. The number of nitrogens with zero attached hydrogens (tertiary/aromatic N) is 3. The quantitative estimate of drug-likeness (QED) is 0.713. The van der Waals surface area contributed by atoms with E-state index in [-0.39, 0.29) is 5.41 Å². The molecule has 0 fully saturated rings. The Kier molecular flexibility index (Phi) is 1.96. The summed E-state index contributed by atoms with van der Waals surface area (Å²) in [6, 6.07) is 0. The van der Waals surface area contributed by atoms with Crippen molar-refractivity contribution in [2.24, 2.45) is 0 Å². The molecule has 0 radical (unpaired) electrons. The number of anilines is 1. The number of rotatable bonds is 0. The SMILES string of the molecule is Cc1nc(N)c2ncc(C(C)(C)C)cn12. The maximum atomic E-state index is 5.74. The molecule has 2 heterocycles. The van der Waals surface area contributed by atoms with Crippen molar-refractivity contribution >= 4 is 11.5 Å². The van der Waals surface area contributed by atoms with Crippen molar-refractivity contribution in [1.29, 1.82) is 0 Å². The number of nitrogens with two attached hydrogens (primary N) is 1. The molecule has 0 atom stereocenters. The molecule has 0 aliphatic heterocycles. The first kappa shape index (κ1) is 9.96. The van der Waals surface area contributed by atoms with Gasteiger partial charge in [0.1, 0.15) is 5.82 Å². The molecular weight excluding hydrogens is 188 g/mol. The number of fused-ring (bicyclic) bond motifs is 1.